The minimum Gasteiger partial charge on any atom is -0.453 e. The number of aryl methyl sites for hydroxylation is 1. The summed E-state index contributed by atoms with van der Waals surface area (Å²) in [7, 11) is 0. The largest absolute Gasteiger partial charge is 0.453 e. The van der Waals surface area contributed by atoms with E-state index in [0.29, 0.717) is 18.5 Å². The summed E-state index contributed by atoms with van der Waals surface area (Å²) in [5.74, 6) is 0.344. The maximum atomic E-state index is 12.0. The number of rotatable bonds is 10. The van der Waals surface area contributed by atoms with Crippen LogP contribution in [0.15, 0.2) is 28.7 Å². The number of hydrogen-bond donors (Lipinski definition) is 0. The average molecular weight is 340 g/mol. The minimum absolute atomic E-state index is 0.241. The van der Waals surface area contributed by atoms with Crippen LogP contribution in [0.3, 0.4) is 0 Å². The van der Waals surface area contributed by atoms with Gasteiger partial charge in [-0.05, 0) is 37.0 Å². The molecule has 0 saturated carbocycles. The predicted molar refractivity (Wildman–Crippen MR) is 88.3 cm³/mol. The standard InChI is InChI=1S/C19H23F3O2/c20-19(21,22)12-7-5-3-1-2-4-6-9-15-10-8-11-18-17(15)13-16(14-23)24-18/h8,10-11,13-14H,1-7,9,12H2. The van der Waals surface area contributed by atoms with Crippen LogP contribution in [0.5, 0.6) is 0 Å². The quantitative estimate of drug-likeness (QED) is 0.366. The molecule has 0 fully saturated rings. The van der Waals surface area contributed by atoms with Gasteiger partial charge in [0.2, 0.25) is 0 Å². The Labute approximate surface area is 140 Å². The lowest BCUT2D eigenvalue weighted by Gasteiger charge is -2.06. The fraction of sp³-hybridized carbons (Fsp3) is 0.526. The van der Waals surface area contributed by atoms with Gasteiger partial charge in [-0.15, -0.1) is 0 Å². The fourth-order valence-electron chi connectivity index (χ4n) is 2.94. The van der Waals surface area contributed by atoms with Crippen LogP contribution in [0.25, 0.3) is 11.0 Å². The highest BCUT2D eigenvalue weighted by atomic mass is 19.4. The Balaban J connectivity index is 1.63. The molecule has 0 N–H and O–H groups in total. The van der Waals surface area contributed by atoms with Crippen LogP contribution in [0.2, 0.25) is 0 Å². The van der Waals surface area contributed by atoms with Crippen molar-refractivity contribution in [2.45, 2.75) is 64.0 Å². The van der Waals surface area contributed by atoms with Gasteiger partial charge >= 0.3 is 6.18 Å². The molecule has 24 heavy (non-hydrogen) atoms. The molecule has 132 valence electrons. The number of aldehydes is 1. The molecule has 0 aliphatic heterocycles. The van der Waals surface area contributed by atoms with E-state index in [1.54, 1.807) is 6.07 Å². The number of halogens is 3. The molecule has 0 saturated heterocycles. The smallest absolute Gasteiger partial charge is 0.389 e. The van der Waals surface area contributed by atoms with Crippen LogP contribution in [-0.2, 0) is 6.42 Å². The molecule has 1 aromatic heterocycles. The van der Waals surface area contributed by atoms with Crippen LogP contribution >= 0.6 is 0 Å². The Kier molecular flexibility index (Phi) is 6.88. The third-order valence-electron chi connectivity index (χ3n) is 4.19. The van der Waals surface area contributed by atoms with Crippen molar-refractivity contribution in [2.75, 3.05) is 0 Å². The van der Waals surface area contributed by atoms with Gasteiger partial charge in [-0.3, -0.25) is 4.79 Å². The molecule has 2 rings (SSSR count). The zero-order valence-electron chi connectivity index (χ0n) is 13.7. The lowest BCUT2D eigenvalue weighted by molar-refractivity contribution is -0.135. The fourth-order valence-corrected chi connectivity index (χ4v) is 2.94. The van der Waals surface area contributed by atoms with Crippen molar-refractivity contribution in [3.63, 3.8) is 0 Å². The number of furan rings is 1. The molecule has 0 aliphatic carbocycles. The van der Waals surface area contributed by atoms with E-state index in [9.17, 15) is 18.0 Å². The molecule has 2 nitrogen and oxygen atoms in total. The Morgan fingerprint density at radius 1 is 0.958 bits per heavy atom. The van der Waals surface area contributed by atoms with Crippen molar-refractivity contribution in [1.29, 1.82) is 0 Å². The van der Waals surface area contributed by atoms with E-state index in [1.807, 2.05) is 18.2 Å². The van der Waals surface area contributed by atoms with Gasteiger partial charge in [0.25, 0.3) is 0 Å². The van der Waals surface area contributed by atoms with E-state index < -0.39 is 12.6 Å². The summed E-state index contributed by atoms with van der Waals surface area (Å²) < 4.78 is 41.4. The second-order valence-electron chi connectivity index (χ2n) is 6.19. The van der Waals surface area contributed by atoms with E-state index >= 15 is 0 Å². The minimum atomic E-state index is -4.02. The predicted octanol–water partition coefficient (Wildman–Crippen LogP) is 6.47. The number of benzene rings is 1. The van der Waals surface area contributed by atoms with Gasteiger partial charge < -0.3 is 4.42 Å². The zero-order valence-corrected chi connectivity index (χ0v) is 13.7. The van der Waals surface area contributed by atoms with Gasteiger partial charge in [0.1, 0.15) is 5.58 Å². The number of fused-ring (bicyclic) bond motifs is 1. The van der Waals surface area contributed by atoms with Gasteiger partial charge in [0.05, 0.1) is 0 Å². The van der Waals surface area contributed by atoms with Gasteiger partial charge in [0.15, 0.2) is 12.0 Å². The summed E-state index contributed by atoms with van der Waals surface area (Å²) in [6.07, 6.45) is 2.85. The molecule has 0 atom stereocenters. The van der Waals surface area contributed by atoms with E-state index in [4.69, 9.17) is 4.42 Å². The topological polar surface area (TPSA) is 30.2 Å². The second kappa shape index (κ2) is 8.90. The van der Waals surface area contributed by atoms with Crippen LogP contribution in [0.4, 0.5) is 13.2 Å². The number of carbonyl (C=O) groups is 1. The molecule has 0 amide bonds. The molecular weight excluding hydrogens is 317 g/mol. The summed E-state index contributed by atoms with van der Waals surface area (Å²) >= 11 is 0. The molecule has 0 bridgehead atoms. The Bertz CT molecular complexity index is 644. The number of carbonyl (C=O) groups excluding carboxylic acids is 1. The van der Waals surface area contributed by atoms with Crippen molar-refractivity contribution in [3.05, 3.63) is 35.6 Å². The molecule has 1 heterocycles. The van der Waals surface area contributed by atoms with Crippen molar-refractivity contribution >= 4 is 17.3 Å². The highest BCUT2D eigenvalue weighted by Gasteiger charge is 2.25. The van der Waals surface area contributed by atoms with E-state index in [1.165, 1.54) is 5.56 Å². The van der Waals surface area contributed by atoms with Gasteiger partial charge in [-0.1, -0.05) is 44.2 Å². The normalized spacial score (nSPS) is 12.0. The third-order valence-corrected chi connectivity index (χ3v) is 4.19. The van der Waals surface area contributed by atoms with Gasteiger partial charge in [-0.25, -0.2) is 0 Å². The van der Waals surface area contributed by atoms with Crippen LogP contribution in [0.1, 0.15) is 67.5 Å². The Morgan fingerprint density at radius 2 is 1.62 bits per heavy atom. The number of unbranched alkanes of at least 4 members (excludes halogenated alkanes) is 6. The third kappa shape index (κ3) is 6.02. The van der Waals surface area contributed by atoms with Crippen molar-refractivity contribution < 1.29 is 22.4 Å². The molecule has 2 aromatic rings. The monoisotopic (exact) mass is 340 g/mol. The molecule has 0 unspecified atom stereocenters. The van der Waals surface area contributed by atoms with E-state index in [0.717, 1.165) is 49.5 Å². The molecule has 1 aromatic carbocycles. The Morgan fingerprint density at radius 3 is 2.29 bits per heavy atom. The van der Waals surface area contributed by atoms with E-state index in [2.05, 4.69) is 0 Å². The van der Waals surface area contributed by atoms with Crippen molar-refractivity contribution in [2.24, 2.45) is 0 Å². The number of hydrogen-bond acceptors (Lipinski definition) is 2. The lowest BCUT2D eigenvalue weighted by atomic mass is 10.0. The molecule has 5 heteroatoms. The molecule has 0 aliphatic rings. The zero-order chi connectivity index (χ0) is 17.4. The lowest BCUT2D eigenvalue weighted by Crippen LogP contribution is -2.06. The highest BCUT2D eigenvalue weighted by molar-refractivity contribution is 5.87. The first-order valence-electron chi connectivity index (χ1n) is 8.53. The first-order valence-corrected chi connectivity index (χ1v) is 8.53. The summed E-state index contributed by atoms with van der Waals surface area (Å²) in [5, 5.41) is 0.992. The Hall–Kier alpha value is -1.78. The molecule has 0 radical (unpaired) electrons. The second-order valence-corrected chi connectivity index (χ2v) is 6.19. The maximum absolute atomic E-state index is 12.0. The van der Waals surface area contributed by atoms with Crippen LogP contribution in [-0.4, -0.2) is 12.5 Å². The highest BCUT2D eigenvalue weighted by Crippen LogP contribution is 2.25. The summed E-state index contributed by atoms with van der Waals surface area (Å²) in [5.41, 5.74) is 1.91. The van der Waals surface area contributed by atoms with Gasteiger partial charge in [0, 0.05) is 11.8 Å². The SMILES string of the molecule is O=Cc1cc2c(CCCCCCCCCC(F)(F)F)cccc2o1. The van der Waals surface area contributed by atoms with Crippen LogP contribution in [0, 0.1) is 0 Å². The van der Waals surface area contributed by atoms with Gasteiger partial charge in [-0.2, -0.15) is 13.2 Å². The van der Waals surface area contributed by atoms with Crippen LogP contribution < -0.4 is 0 Å². The van der Waals surface area contributed by atoms with E-state index in [-0.39, 0.29) is 6.42 Å². The maximum Gasteiger partial charge on any atom is 0.389 e. The van der Waals surface area contributed by atoms with Crippen molar-refractivity contribution in [1.82, 2.24) is 0 Å². The first kappa shape index (κ1) is 18.6. The summed E-state index contributed by atoms with van der Waals surface area (Å²) in [4.78, 5) is 10.8. The molecule has 0 spiro atoms. The summed E-state index contributed by atoms with van der Waals surface area (Å²) in [6, 6.07) is 7.60. The van der Waals surface area contributed by atoms with Crippen molar-refractivity contribution in [3.8, 4) is 0 Å². The number of alkyl halides is 3. The first-order chi connectivity index (χ1) is 11.5. The summed E-state index contributed by atoms with van der Waals surface area (Å²) in [6.45, 7) is 0. The molecular formula is C19H23F3O2. The average Bonchev–Trinajstić information content (AvgIpc) is 2.96.